The topological polar surface area (TPSA) is 59.3 Å². The van der Waals surface area contributed by atoms with E-state index in [0.29, 0.717) is 28.3 Å². The second-order valence-corrected chi connectivity index (χ2v) is 5.30. The molecule has 5 heteroatoms. The molecule has 114 valence electrons. The molecular weight excluding hydrogens is 314 g/mol. The fraction of sp³-hybridized carbons (Fsp3) is 0. The van der Waals surface area contributed by atoms with Gasteiger partial charge in [0, 0.05) is 21.8 Å². The Bertz CT molecular complexity index is 853. The number of amides is 1. The van der Waals surface area contributed by atoms with Gasteiger partial charge in [0.05, 0.1) is 0 Å². The Kier molecular flexibility index (Phi) is 4.26. The number of rotatable bonds is 4. The maximum Gasteiger partial charge on any atom is 0.255 e. The molecule has 0 saturated carbocycles. The highest BCUT2D eigenvalue weighted by Crippen LogP contribution is 2.22. The number of aldehydes is 1. The van der Waals surface area contributed by atoms with E-state index in [4.69, 9.17) is 16.0 Å². The third-order valence-electron chi connectivity index (χ3n) is 3.26. The molecule has 3 rings (SSSR count). The standard InChI is InChI=1S/C18H12ClNO3/c19-14-2-1-3-15(10-14)20-18(22)13-6-4-12(5-7-13)17-9-8-16(11-21)23-17/h1-11H,(H,20,22). The summed E-state index contributed by atoms with van der Waals surface area (Å²) in [5, 5.41) is 3.34. The number of hydrogen-bond acceptors (Lipinski definition) is 3. The van der Waals surface area contributed by atoms with Crippen molar-refractivity contribution in [3.63, 3.8) is 0 Å². The van der Waals surface area contributed by atoms with E-state index in [2.05, 4.69) is 5.32 Å². The van der Waals surface area contributed by atoms with Gasteiger partial charge in [0.15, 0.2) is 12.0 Å². The summed E-state index contributed by atoms with van der Waals surface area (Å²) < 4.78 is 5.34. The van der Waals surface area contributed by atoms with E-state index in [1.54, 1.807) is 60.7 Å². The number of nitrogens with one attached hydrogen (secondary N) is 1. The lowest BCUT2D eigenvalue weighted by atomic mass is 10.1. The van der Waals surface area contributed by atoms with Crippen molar-refractivity contribution in [1.82, 2.24) is 0 Å². The van der Waals surface area contributed by atoms with Gasteiger partial charge in [0.2, 0.25) is 0 Å². The van der Waals surface area contributed by atoms with Gasteiger partial charge in [-0.05, 0) is 42.5 Å². The Labute approximate surface area is 137 Å². The Morgan fingerprint density at radius 1 is 1.04 bits per heavy atom. The lowest BCUT2D eigenvalue weighted by Gasteiger charge is -2.06. The smallest absolute Gasteiger partial charge is 0.255 e. The maximum atomic E-state index is 12.2. The molecule has 1 amide bonds. The van der Waals surface area contributed by atoms with Crippen LogP contribution in [0.3, 0.4) is 0 Å². The van der Waals surface area contributed by atoms with Crippen molar-refractivity contribution >= 4 is 29.5 Å². The SMILES string of the molecule is O=Cc1ccc(-c2ccc(C(=O)Nc3cccc(Cl)c3)cc2)o1. The average Bonchev–Trinajstić information content (AvgIpc) is 3.04. The van der Waals surface area contributed by atoms with E-state index in [0.717, 1.165) is 5.56 Å². The highest BCUT2D eigenvalue weighted by Gasteiger charge is 2.08. The predicted molar refractivity (Wildman–Crippen MR) is 88.9 cm³/mol. The number of halogens is 1. The number of hydrogen-bond donors (Lipinski definition) is 1. The summed E-state index contributed by atoms with van der Waals surface area (Å²) in [6.45, 7) is 0. The Morgan fingerprint density at radius 2 is 1.83 bits per heavy atom. The van der Waals surface area contributed by atoms with Crippen LogP contribution in [0.2, 0.25) is 5.02 Å². The molecule has 0 aliphatic rings. The van der Waals surface area contributed by atoms with Gasteiger partial charge in [-0.1, -0.05) is 29.8 Å². The van der Waals surface area contributed by atoms with Gasteiger partial charge in [-0.15, -0.1) is 0 Å². The van der Waals surface area contributed by atoms with Crippen molar-refractivity contribution in [2.24, 2.45) is 0 Å². The van der Waals surface area contributed by atoms with Crippen molar-refractivity contribution < 1.29 is 14.0 Å². The lowest BCUT2D eigenvalue weighted by Crippen LogP contribution is -2.11. The van der Waals surface area contributed by atoms with Crippen LogP contribution in [0.25, 0.3) is 11.3 Å². The Hall–Kier alpha value is -2.85. The molecule has 0 radical (unpaired) electrons. The number of benzene rings is 2. The van der Waals surface area contributed by atoms with Gasteiger partial charge >= 0.3 is 0 Å². The summed E-state index contributed by atoms with van der Waals surface area (Å²) >= 11 is 5.89. The van der Waals surface area contributed by atoms with Crippen molar-refractivity contribution in [2.75, 3.05) is 5.32 Å². The molecule has 0 fully saturated rings. The summed E-state index contributed by atoms with van der Waals surface area (Å²) in [6.07, 6.45) is 0.649. The zero-order valence-electron chi connectivity index (χ0n) is 12.0. The van der Waals surface area contributed by atoms with Crippen molar-refractivity contribution in [1.29, 1.82) is 0 Å². The van der Waals surface area contributed by atoms with Crippen LogP contribution in [0.5, 0.6) is 0 Å². The van der Waals surface area contributed by atoms with Gasteiger partial charge in [-0.2, -0.15) is 0 Å². The minimum Gasteiger partial charge on any atom is -0.453 e. The summed E-state index contributed by atoms with van der Waals surface area (Å²) in [4.78, 5) is 22.8. The first-order chi connectivity index (χ1) is 11.2. The van der Waals surface area contributed by atoms with Crippen LogP contribution in [0.4, 0.5) is 5.69 Å². The average molecular weight is 326 g/mol. The van der Waals surface area contributed by atoms with Crippen LogP contribution in [0.15, 0.2) is 65.1 Å². The van der Waals surface area contributed by atoms with Crippen LogP contribution in [0, 0.1) is 0 Å². The molecule has 0 bridgehead atoms. The molecule has 0 atom stereocenters. The molecule has 1 aromatic heterocycles. The van der Waals surface area contributed by atoms with Crippen LogP contribution < -0.4 is 5.32 Å². The minimum absolute atomic E-state index is 0.230. The van der Waals surface area contributed by atoms with Crippen LogP contribution in [0.1, 0.15) is 20.9 Å². The molecular formula is C18H12ClNO3. The number of furan rings is 1. The van der Waals surface area contributed by atoms with E-state index < -0.39 is 0 Å². The van der Waals surface area contributed by atoms with E-state index in [9.17, 15) is 9.59 Å². The van der Waals surface area contributed by atoms with E-state index >= 15 is 0 Å². The Balaban J connectivity index is 1.76. The van der Waals surface area contributed by atoms with Gasteiger partial charge in [0.25, 0.3) is 5.91 Å². The second kappa shape index (κ2) is 6.50. The molecule has 1 heterocycles. The highest BCUT2D eigenvalue weighted by atomic mass is 35.5. The number of carbonyl (C=O) groups is 2. The monoisotopic (exact) mass is 325 g/mol. The van der Waals surface area contributed by atoms with E-state index in [-0.39, 0.29) is 11.7 Å². The zero-order chi connectivity index (χ0) is 16.2. The molecule has 0 aliphatic carbocycles. The van der Waals surface area contributed by atoms with E-state index in [1.165, 1.54) is 0 Å². The molecule has 0 spiro atoms. The molecule has 4 nitrogen and oxygen atoms in total. The summed E-state index contributed by atoms with van der Waals surface area (Å²) in [6, 6.07) is 17.2. The minimum atomic E-state index is -0.230. The van der Waals surface area contributed by atoms with Crippen LogP contribution >= 0.6 is 11.6 Å². The molecule has 3 aromatic rings. The van der Waals surface area contributed by atoms with Crippen LogP contribution in [-0.4, -0.2) is 12.2 Å². The Morgan fingerprint density at radius 3 is 2.48 bits per heavy atom. The normalized spacial score (nSPS) is 10.3. The summed E-state index contributed by atoms with van der Waals surface area (Å²) in [5.74, 6) is 0.614. The first kappa shape index (κ1) is 15.1. The second-order valence-electron chi connectivity index (χ2n) is 4.86. The fourth-order valence-electron chi connectivity index (χ4n) is 2.13. The van der Waals surface area contributed by atoms with Crippen molar-refractivity contribution in [3.05, 3.63) is 77.0 Å². The zero-order valence-corrected chi connectivity index (χ0v) is 12.7. The van der Waals surface area contributed by atoms with Crippen molar-refractivity contribution in [3.8, 4) is 11.3 Å². The maximum absolute atomic E-state index is 12.2. The molecule has 0 saturated heterocycles. The van der Waals surface area contributed by atoms with E-state index in [1.807, 2.05) is 0 Å². The summed E-state index contributed by atoms with van der Waals surface area (Å²) in [5.41, 5.74) is 1.93. The van der Waals surface area contributed by atoms with Gasteiger partial charge in [-0.3, -0.25) is 9.59 Å². The third kappa shape index (κ3) is 3.49. The van der Waals surface area contributed by atoms with Gasteiger partial charge in [0.1, 0.15) is 5.76 Å². The molecule has 23 heavy (non-hydrogen) atoms. The van der Waals surface area contributed by atoms with Crippen LogP contribution in [-0.2, 0) is 0 Å². The van der Waals surface area contributed by atoms with Gasteiger partial charge in [-0.25, -0.2) is 0 Å². The summed E-state index contributed by atoms with van der Waals surface area (Å²) in [7, 11) is 0. The first-order valence-corrected chi connectivity index (χ1v) is 7.26. The lowest BCUT2D eigenvalue weighted by molar-refractivity contribution is 0.102. The number of carbonyl (C=O) groups excluding carboxylic acids is 2. The van der Waals surface area contributed by atoms with Crippen molar-refractivity contribution in [2.45, 2.75) is 0 Å². The number of anilines is 1. The van der Waals surface area contributed by atoms with Gasteiger partial charge < -0.3 is 9.73 Å². The molecule has 1 N–H and O–H groups in total. The largest absolute Gasteiger partial charge is 0.453 e. The molecule has 2 aromatic carbocycles. The first-order valence-electron chi connectivity index (χ1n) is 6.88. The highest BCUT2D eigenvalue weighted by molar-refractivity contribution is 6.30. The molecule has 0 unspecified atom stereocenters. The third-order valence-corrected chi connectivity index (χ3v) is 3.49. The molecule has 0 aliphatic heterocycles. The quantitative estimate of drug-likeness (QED) is 0.709. The predicted octanol–water partition coefficient (Wildman–Crippen LogP) is 4.66. The fourth-order valence-corrected chi connectivity index (χ4v) is 2.32.